The van der Waals surface area contributed by atoms with E-state index in [1.807, 2.05) is 68.4 Å². The monoisotopic (exact) mass is 392 g/mol. The summed E-state index contributed by atoms with van der Waals surface area (Å²) in [7, 11) is 0. The van der Waals surface area contributed by atoms with Gasteiger partial charge in [-0.05, 0) is 67.1 Å². The summed E-state index contributed by atoms with van der Waals surface area (Å²) in [6.07, 6.45) is 0. The summed E-state index contributed by atoms with van der Waals surface area (Å²) in [5, 5.41) is 5.27. The molecule has 1 aromatic heterocycles. The van der Waals surface area contributed by atoms with Crippen LogP contribution in [0.25, 0.3) is 33.3 Å². The van der Waals surface area contributed by atoms with Gasteiger partial charge in [-0.25, -0.2) is 4.98 Å². The predicted molar refractivity (Wildman–Crippen MR) is 121 cm³/mol. The van der Waals surface area contributed by atoms with E-state index in [1.165, 1.54) is 5.39 Å². The van der Waals surface area contributed by atoms with E-state index in [-0.39, 0.29) is 5.91 Å². The van der Waals surface area contributed by atoms with Gasteiger partial charge in [0.1, 0.15) is 5.52 Å². The van der Waals surface area contributed by atoms with E-state index in [2.05, 4.69) is 34.6 Å². The first kappa shape index (κ1) is 18.1. The maximum absolute atomic E-state index is 12.7. The largest absolute Gasteiger partial charge is 0.436 e. The maximum atomic E-state index is 12.7. The Labute approximate surface area is 174 Å². The number of fused-ring (bicyclic) bond motifs is 2. The van der Waals surface area contributed by atoms with Crippen molar-refractivity contribution in [3.8, 4) is 11.5 Å². The van der Waals surface area contributed by atoms with Gasteiger partial charge in [-0.3, -0.25) is 4.79 Å². The highest BCUT2D eigenvalue weighted by Gasteiger charge is 2.12. The quantitative estimate of drug-likeness (QED) is 0.380. The number of anilines is 1. The molecular weight excluding hydrogens is 372 g/mol. The number of benzene rings is 4. The summed E-state index contributed by atoms with van der Waals surface area (Å²) >= 11 is 0. The molecule has 0 fully saturated rings. The van der Waals surface area contributed by atoms with E-state index >= 15 is 0 Å². The van der Waals surface area contributed by atoms with E-state index in [1.54, 1.807) is 0 Å². The fourth-order valence-electron chi connectivity index (χ4n) is 3.76. The molecule has 5 rings (SSSR count). The molecule has 0 aliphatic carbocycles. The van der Waals surface area contributed by atoms with Gasteiger partial charge in [-0.1, -0.05) is 47.5 Å². The van der Waals surface area contributed by atoms with Crippen LogP contribution in [-0.4, -0.2) is 10.9 Å². The molecule has 146 valence electrons. The molecule has 0 aliphatic heterocycles. The molecule has 5 aromatic rings. The Balaban J connectivity index is 1.45. The number of hydrogen-bond acceptors (Lipinski definition) is 3. The van der Waals surface area contributed by atoms with Crippen molar-refractivity contribution < 1.29 is 9.21 Å². The Kier molecular flexibility index (Phi) is 4.32. The van der Waals surface area contributed by atoms with Gasteiger partial charge in [-0.15, -0.1) is 0 Å². The lowest BCUT2D eigenvalue weighted by molar-refractivity contribution is 0.102. The number of oxazole rings is 1. The first-order valence-electron chi connectivity index (χ1n) is 9.85. The Morgan fingerprint density at radius 2 is 1.60 bits per heavy atom. The van der Waals surface area contributed by atoms with Crippen LogP contribution in [0.15, 0.2) is 83.3 Å². The highest BCUT2D eigenvalue weighted by atomic mass is 16.3. The highest BCUT2D eigenvalue weighted by molar-refractivity contribution is 6.05. The molecule has 0 spiro atoms. The molecule has 0 saturated carbocycles. The molecule has 30 heavy (non-hydrogen) atoms. The fraction of sp³-hybridized carbons (Fsp3) is 0.0769. The van der Waals surface area contributed by atoms with Crippen molar-refractivity contribution in [1.82, 2.24) is 4.98 Å². The minimum Gasteiger partial charge on any atom is -0.436 e. The van der Waals surface area contributed by atoms with E-state index in [0.717, 1.165) is 22.1 Å². The van der Waals surface area contributed by atoms with Crippen molar-refractivity contribution in [3.63, 3.8) is 0 Å². The zero-order chi connectivity index (χ0) is 20.7. The van der Waals surface area contributed by atoms with Crippen molar-refractivity contribution in [2.75, 3.05) is 5.32 Å². The minimum absolute atomic E-state index is 0.139. The molecule has 4 heteroatoms. The molecule has 1 heterocycles. The van der Waals surface area contributed by atoms with Crippen LogP contribution in [0, 0.1) is 13.8 Å². The smallest absolute Gasteiger partial charge is 0.255 e. The third-order valence-corrected chi connectivity index (χ3v) is 5.13. The number of carbonyl (C=O) groups is 1. The van der Waals surface area contributed by atoms with Crippen LogP contribution < -0.4 is 5.32 Å². The van der Waals surface area contributed by atoms with Crippen LogP contribution in [0.1, 0.15) is 21.5 Å². The van der Waals surface area contributed by atoms with E-state index < -0.39 is 0 Å². The summed E-state index contributed by atoms with van der Waals surface area (Å²) in [5.74, 6) is 0.424. The Morgan fingerprint density at radius 3 is 2.40 bits per heavy atom. The SMILES string of the molecule is Cc1cc(C)cc(C(=O)Nc2ccc3oc(-c4ccc5ccccc5c4)nc3c2)c1. The molecule has 0 saturated heterocycles. The number of hydrogen-bond donors (Lipinski definition) is 1. The van der Waals surface area contributed by atoms with Crippen LogP contribution >= 0.6 is 0 Å². The van der Waals surface area contributed by atoms with Crippen LogP contribution in [-0.2, 0) is 0 Å². The molecule has 0 bridgehead atoms. The lowest BCUT2D eigenvalue weighted by Gasteiger charge is -2.07. The molecule has 4 aromatic carbocycles. The summed E-state index contributed by atoms with van der Waals surface area (Å²) in [6.45, 7) is 3.97. The highest BCUT2D eigenvalue weighted by Crippen LogP contribution is 2.28. The standard InChI is InChI=1S/C26H20N2O2/c1-16-11-17(2)13-21(12-16)25(29)27-22-9-10-24-23(15-22)28-26(30-24)20-8-7-18-5-3-4-6-19(18)14-20/h3-15H,1-2H3,(H,27,29). The molecule has 0 atom stereocenters. The second-order valence-electron chi connectivity index (χ2n) is 7.59. The number of nitrogens with one attached hydrogen (secondary N) is 1. The van der Waals surface area contributed by atoms with Gasteiger partial charge in [0, 0.05) is 16.8 Å². The molecule has 0 radical (unpaired) electrons. The van der Waals surface area contributed by atoms with Gasteiger partial charge in [-0.2, -0.15) is 0 Å². The van der Waals surface area contributed by atoms with Crippen molar-refractivity contribution in [2.24, 2.45) is 0 Å². The second kappa shape index (κ2) is 7.16. The Morgan fingerprint density at radius 1 is 0.833 bits per heavy atom. The molecule has 1 N–H and O–H groups in total. The minimum atomic E-state index is -0.139. The van der Waals surface area contributed by atoms with Crippen molar-refractivity contribution in [3.05, 3.63) is 95.6 Å². The van der Waals surface area contributed by atoms with Gasteiger partial charge in [0.2, 0.25) is 5.89 Å². The van der Waals surface area contributed by atoms with E-state index in [9.17, 15) is 4.79 Å². The first-order valence-corrected chi connectivity index (χ1v) is 9.85. The Hall–Kier alpha value is -3.92. The summed E-state index contributed by atoms with van der Waals surface area (Å²) in [6, 6.07) is 25.7. The Bertz CT molecular complexity index is 1400. The molecule has 0 aliphatic rings. The van der Waals surface area contributed by atoms with Crippen LogP contribution in [0.5, 0.6) is 0 Å². The zero-order valence-electron chi connectivity index (χ0n) is 16.8. The van der Waals surface area contributed by atoms with Gasteiger partial charge in [0.25, 0.3) is 5.91 Å². The zero-order valence-corrected chi connectivity index (χ0v) is 16.8. The number of carbonyl (C=O) groups excluding carboxylic acids is 1. The number of amides is 1. The number of aromatic nitrogens is 1. The van der Waals surface area contributed by atoms with E-state index in [0.29, 0.717) is 28.2 Å². The maximum Gasteiger partial charge on any atom is 0.255 e. The topological polar surface area (TPSA) is 55.1 Å². The lowest BCUT2D eigenvalue weighted by Crippen LogP contribution is -2.12. The average molecular weight is 392 g/mol. The number of nitrogens with zero attached hydrogens (tertiary/aromatic N) is 1. The first-order chi connectivity index (χ1) is 14.5. The summed E-state index contributed by atoms with van der Waals surface area (Å²) in [5.41, 5.74) is 5.76. The predicted octanol–water partition coefficient (Wildman–Crippen LogP) is 6.52. The van der Waals surface area contributed by atoms with Crippen LogP contribution in [0.4, 0.5) is 5.69 Å². The number of aryl methyl sites for hydroxylation is 2. The lowest BCUT2D eigenvalue weighted by atomic mass is 10.1. The van der Waals surface area contributed by atoms with Gasteiger partial charge in [0.15, 0.2) is 5.58 Å². The average Bonchev–Trinajstić information content (AvgIpc) is 3.16. The summed E-state index contributed by atoms with van der Waals surface area (Å²) < 4.78 is 5.96. The van der Waals surface area contributed by atoms with Gasteiger partial charge < -0.3 is 9.73 Å². The molecular formula is C26H20N2O2. The van der Waals surface area contributed by atoms with Crippen molar-refractivity contribution in [1.29, 1.82) is 0 Å². The fourth-order valence-corrected chi connectivity index (χ4v) is 3.76. The number of rotatable bonds is 3. The van der Waals surface area contributed by atoms with Crippen molar-refractivity contribution >= 4 is 33.5 Å². The van der Waals surface area contributed by atoms with Gasteiger partial charge in [0.05, 0.1) is 0 Å². The third kappa shape index (κ3) is 3.44. The molecule has 1 amide bonds. The van der Waals surface area contributed by atoms with Crippen LogP contribution in [0.3, 0.4) is 0 Å². The van der Waals surface area contributed by atoms with Gasteiger partial charge >= 0.3 is 0 Å². The third-order valence-electron chi connectivity index (χ3n) is 5.13. The normalized spacial score (nSPS) is 11.1. The second-order valence-corrected chi connectivity index (χ2v) is 7.59. The molecule has 4 nitrogen and oxygen atoms in total. The molecule has 0 unspecified atom stereocenters. The van der Waals surface area contributed by atoms with Crippen LogP contribution in [0.2, 0.25) is 0 Å². The van der Waals surface area contributed by atoms with Crippen molar-refractivity contribution in [2.45, 2.75) is 13.8 Å². The van der Waals surface area contributed by atoms with E-state index in [4.69, 9.17) is 4.42 Å². The summed E-state index contributed by atoms with van der Waals surface area (Å²) in [4.78, 5) is 17.3.